The second-order valence-electron chi connectivity index (χ2n) is 4.59. The summed E-state index contributed by atoms with van der Waals surface area (Å²) in [5.41, 5.74) is 3.07. The van der Waals surface area contributed by atoms with E-state index in [2.05, 4.69) is 18.2 Å². The fraction of sp³-hybridized carbons (Fsp3) is 0.118. The van der Waals surface area contributed by atoms with Crippen LogP contribution in [0.15, 0.2) is 63.8 Å². The molecule has 0 saturated heterocycles. The first-order valence-corrected chi connectivity index (χ1v) is 6.36. The van der Waals surface area contributed by atoms with Crippen molar-refractivity contribution in [2.75, 3.05) is 0 Å². The Labute approximate surface area is 111 Å². The highest BCUT2D eigenvalue weighted by Crippen LogP contribution is 2.20. The van der Waals surface area contributed by atoms with Crippen molar-refractivity contribution in [2.45, 2.75) is 12.8 Å². The SMILES string of the molecule is O=c1cc(Cc2ccccc2)c2c(o1)C=CC=CC2. The van der Waals surface area contributed by atoms with Crippen molar-refractivity contribution in [3.8, 4) is 0 Å². The van der Waals surface area contributed by atoms with Crippen LogP contribution in [0.5, 0.6) is 0 Å². The molecule has 3 rings (SSSR count). The minimum Gasteiger partial charge on any atom is -0.423 e. The fourth-order valence-corrected chi connectivity index (χ4v) is 2.33. The van der Waals surface area contributed by atoms with Gasteiger partial charge in [-0.1, -0.05) is 48.6 Å². The Bertz CT molecular complexity index is 691. The number of hydrogen-bond acceptors (Lipinski definition) is 2. The molecular formula is C17H14O2. The van der Waals surface area contributed by atoms with Gasteiger partial charge in [-0.05, 0) is 30.0 Å². The van der Waals surface area contributed by atoms with E-state index >= 15 is 0 Å². The third kappa shape index (κ3) is 2.58. The van der Waals surface area contributed by atoms with E-state index in [-0.39, 0.29) is 5.63 Å². The van der Waals surface area contributed by atoms with Gasteiger partial charge >= 0.3 is 5.63 Å². The Kier molecular flexibility index (Phi) is 3.15. The zero-order chi connectivity index (χ0) is 13.1. The fourth-order valence-electron chi connectivity index (χ4n) is 2.33. The molecule has 0 fully saturated rings. The summed E-state index contributed by atoms with van der Waals surface area (Å²) in [4.78, 5) is 11.6. The smallest absolute Gasteiger partial charge is 0.336 e. The summed E-state index contributed by atoms with van der Waals surface area (Å²) in [5.74, 6) is 0.684. The van der Waals surface area contributed by atoms with Gasteiger partial charge in [-0.25, -0.2) is 4.79 Å². The molecule has 2 aromatic rings. The maximum absolute atomic E-state index is 11.6. The van der Waals surface area contributed by atoms with Gasteiger partial charge in [-0.3, -0.25) is 0 Å². The third-order valence-electron chi connectivity index (χ3n) is 3.24. The standard InChI is InChI=1S/C17H14O2/c18-17-12-14(11-13-7-3-1-4-8-13)15-9-5-2-6-10-16(15)19-17/h1-8,10,12H,9,11H2. The summed E-state index contributed by atoms with van der Waals surface area (Å²) in [7, 11) is 0. The minimum absolute atomic E-state index is 0.281. The molecule has 0 spiro atoms. The molecule has 1 aromatic carbocycles. The minimum atomic E-state index is -0.281. The normalized spacial score (nSPS) is 13.1. The van der Waals surface area contributed by atoms with Crippen LogP contribution >= 0.6 is 0 Å². The van der Waals surface area contributed by atoms with Crippen LogP contribution in [0.25, 0.3) is 6.08 Å². The van der Waals surface area contributed by atoms with Crippen molar-refractivity contribution in [2.24, 2.45) is 0 Å². The molecule has 1 heterocycles. The maximum atomic E-state index is 11.6. The average Bonchev–Trinajstić information content (AvgIpc) is 2.65. The highest BCUT2D eigenvalue weighted by atomic mass is 16.4. The highest BCUT2D eigenvalue weighted by Gasteiger charge is 2.11. The molecule has 0 aliphatic heterocycles. The lowest BCUT2D eigenvalue weighted by atomic mass is 9.98. The van der Waals surface area contributed by atoms with E-state index in [1.165, 1.54) is 5.56 Å². The molecule has 1 aliphatic rings. The molecule has 0 N–H and O–H groups in total. The lowest BCUT2D eigenvalue weighted by molar-refractivity contribution is 0.493. The molecule has 0 amide bonds. The zero-order valence-corrected chi connectivity index (χ0v) is 10.5. The Balaban J connectivity index is 2.06. The van der Waals surface area contributed by atoms with Crippen LogP contribution < -0.4 is 5.63 Å². The van der Waals surface area contributed by atoms with Crippen molar-refractivity contribution in [1.29, 1.82) is 0 Å². The first-order chi connectivity index (χ1) is 9.33. The number of hydrogen-bond donors (Lipinski definition) is 0. The first-order valence-electron chi connectivity index (χ1n) is 6.36. The molecule has 0 atom stereocenters. The predicted molar refractivity (Wildman–Crippen MR) is 76.1 cm³/mol. The van der Waals surface area contributed by atoms with Crippen molar-refractivity contribution < 1.29 is 4.42 Å². The molecule has 0 radical (unpaired) electrons. The predicted octanol–water partition coefficient (Wildman–Crippen LogP) is 3.36. The van der Waals surface area contributed by atoms with Crippen LogP contribution in [0.2, 0.25) is 0 Å². The second kappa shape index (κ2) is 5.11. The van der Waals surface area contributed by atoms with E-state index in [0.717, 1.165) is 24.0 Å². The number of benzene rings is 1. The van der Waals surface area contributed by atoms with E-state index < -0.39 is 0 Å². The summed E-state index contributed by atoms with van der Waals surface area (Å²) >= 11 is 0. The van der Waals surface area contributed by atoms with Crippen LogP contribution in [-0.2, 0) is 12.8 Å². The van der Waals surface area contributed by atoms with Crippen LogP contribution in [0.3, 0.4) is 0 Å². The number of fused-ring (bicyclic) bond motifs is 1. The van der Waals surface area contributed by atoms with Gasteiger partial charge in [0, 0.05) is 11.6 Å². The van der Waals surface area contributed by atoms with Crippen LogP contribution in [0.1, 0.15) is 22.5 Å². The van der Waals surface area contributed by atoms with Crippen molar-refractivity contribution in [3.63, 3.8) is 0 Å². The van der Waals surface area contributed by atoms with E-state index in [1.54, 1.807) is 6.07 Å². The van der Waals surface area contributed by atoms with E-state index in [4.69, 9.17) is 4.42 Å². The molecule has 2 heteroatoms. The van der Waals surface area contributed by atoms with Gasteiger partial charge in [0.1, 0.15) is 5.76 Å². The van der Waals surface area contributed by atoms with Gasteiger partial charge in [0.15, 0.2) is 0 Å². The molecule has 2 nitrogen and oxygen atoms in total. The monoisotopic (exact) mass is 250 g/mol. The van der Waals surface area contributed by atoms with E-state index in [1.807, 2.05) is 36.4 Å². The van der Waals surface area contributed by atoms with E-state index in [0.29, 0.717) is 5.76 Å². The summed E-state index contributed by atoms with van der Waals surface area (Å²) < 4.78 is 5.28. The Morgan fingerprint density at radius 3 is 2.79 bits per heavy atom. The highest BCUT2D eigenvalue weighted by molar-refractivity contribution is 5.54. The molecule has 94 valence electrons. The van der Waals surface area contributed by atoms with Gasteiger partial charge < -0.3 is 4.42 Å². The molecule has 1 aliphatic carbocycles. The lowest BCUT2D eigenvalue weighted by Gasteiger charge is -2.09. The van der Waals surface area contributed by atoms with Gasteiger partial charge in [-0.15, -0.1) is 0 Å². The third-order valence-corrected chi connectivity index (χ3v) is 3.24. The van der Waals surface area contributed by atoms with Gasteiger partial charge in [0.25, 0.3) is 0 Å². The van der Waals surface area contributed by atoms with Crippen LogP contribution in [0, 0.1) is 0 Å². The molecule has 1 aromatic heterocycles. The Hall–Kier alpha value is -2.35. The molecule has 19 heavy (non-hydrogen) atoms. The first kappa shape index (κ1) is 11.7. The Morgan fingerprint density at radius 2 is 1.95 bits per heavy atom. The number of allylic oxidation sites excluding steroid dienone is 3. The molecule has 0 unspecified atom stereocenters. The zero-order valence-electron chi connectivity index (χ0n) is 10.5. The quantitative estimate of drug-likeness (QED) is 0.818. The molecule has 0 bridgehead atoms. The van der Waals surface area contributed by atoms with Gasteiger partial charge in [0.05, 0.1) is 0 Å². The second-order valence-corrected chi connectivity index (χ2v) is 4.59. The van der Waals surface area contributed by atoms with E-state index in [9.17, 15) is 4.79 Å². The van der Waals surface area contributed by atoms with Crippen LogP contribution in [0.4, 0.5) is 0 Å². The van der Waals surface area contributed by atoms with Crippen LogP contribution in [-0.4, -0.2) is 0 Å². The summed E-state index contributed by atoms with van der Waals surface area (Å²) in [5, 5.41) is 0. The Morgan fingerprint density at radius 1 is 1.11 bits per heavy atom. The topological polar surface area (TPSA) is 30.2 Å². The summed E-state index contributed by atoms with van der Waals surface area (Å²) in [6.07, 6.45) is 9.38. The van der Waals surface area contributed by atoms with Crippen molar-refractivity contribution in [3.05, 3.63) is 87.5 Å². The largest absolute Gasteiger partial charge is 0.423 e. The maximum Gasteiger partial charge on any atom is 0.336 e. The average molecular weight is 250 g/mol. The van der Waals surface area contributed by atoms with Crippen molar-refractivity contribution >= 4 is 6.08 Å². The lowest BCUT2D eigenvalue weighted by Crippen LogP contribution is -2.07. The molecule has 0 saturated carbocycles. The number of rotatable bonds is 2. The van der Waals surface area contributed by atoms with Gasteiger partial charge in [0.2, 0.25) is 0 Å². The van der Waals surface area contributed by atoms with Gasteiger partial charge in [-0.2, -0.15) is 0 Å². The van der Waals surface area contributed by atoms with Crippen molar-refractivity contribution in [1.82, 2.24) is 0 Å². The summed E-state index contributed by atoms with van der Waals surface area (Å²) in [6, 6.07) is 11.8. The molecular weight excluding hydrogens is 236 g/mol. The summed E-state index contributed by atoms with van der Waals surface area (Å²) in [6.45, 7) is 0.